The van der Waals surface area contributed by atoms with Gasteiger partial charge in [-0.1, -0.05) is 0 Å². The molecule has 2 aromatic rings. The summed E-state index contributed by atoms with van der Waals surface area (Å²) >= 11 is 0. The van der Waals surface area contributed by atoms with Crippen LogP contribution in [0.5, 0.6) is 5.75 Å². The third kappa shape index (κ3) is 1.55. The third-order valence-electron chi connectivity index (χ3n) is 3.15. The van der Waals surface area contributed by atoms with Crippen LogP contribution in [0, 0.1) is 0 Å². The van der Waals surface area contributed by atoms with E-state index >= 15 is 0 Å². The molecule has 2 heterocycles. The summed E-state index contributed by atoms with van der Waals surface area (Å²) in [5.74, 6) is 2.49. The first-order valence-corrected chi connectivity index (χ1v) is 5.61. The molecular formula is C12H15N3O. The molecule has 3 rings (SSSR count). The van der Waals surface area contributed by atoms with Gasteiger partial charge in [-0.2, -0.15) is 0 Å². The lowest BCUT2D eigenvalue weighted by Gasteiger charge is -2.01. The molecule has 0 bridgehead atoms. The lowest BCUT2D eigenvalue weighted by molar-refractivity contribution is 0.415. The second-order valence-corrected chi connectivity index (χ2v) is 4.19. The zero-order valence-corrected chi connectivity index (χ0v) is 9.29. The molecular weight excluding hydrogens is 202 g/mol. The van der Waals surface area contributed by atoms with E-state index in [4.69, 9.17) is 4.74 Å². The molecule has 1 atom stereocenters. The Morgan fingerprint density at radius 2 is 2.38 bits per heavy atom. The number of benzene rings is 1. The van der Waals surface area contributed by atoms with Gasteiger partial charge in [-0.3, -0.25) is 0 Å². The monoisotopic (exact) mass is 217 g/mol. The van der Waals surface area contributed by atoms with Crippen LogP contribution in [0.2, 0.25) is 0 Å². The van der Waals surface area contributed by atoms with E-state index in [1.54, 1.807) is 7.11 Å². The van der Waals surface area contributed by atoms with Crippen LogP contribution in [0.1, 0.15) is 18.2 Å². The Bertz CT molecular complexity index is 500. The second-order valence-electron chi connectivity index (χ2n) is 4.19. The van der Waals surface area contributed by atoms with E-state index in [9.17, 15) is 0 Å². The summed E-state index contributed by atoms with van der Waals surface area (Å²) in [5, 5.41) is 3.35. The molecule has 4 heteroatoms. The number of aromatic nitrogens is 2. The summed E-state index contributed by atoms with van der Waals surface area (Å²) in [4.78, 5) is 8.00. The van der Waals surface area contributed by atoms with Gasteiger partial charge in [0.2, 0.25) is 0 Å². The Morgan fingerprint density at radius 1 is 1.44 bits per heavy atom. The number of fused-ring (bicyclic) bond motifs is 1. The fraction of sp³-hybridized carbons (Fsp3) is 0.417. The molecule has 0 amide bonds. The highest BCUT2D eigenvalue weighted by atomic mass is 16.5. The van der Waals surface area contributed by atoms with Gasteiger partial charge >= 0.3 is 0 Å². The van der Waals surface area contributed by atoms with Crippen LogP contribution in [-0.4, -0.2) is 30.2 Å². The summed E-state index contributed by atoms with van der Waals surface area (Å²) in [6.45, 7) is 2.11. The fourth-order valence-corrected chi connectivity index (χ4v) is 2.22. The molecule has 4 nitrogen and oxygen atoms in total. The van der Waals surface area contributed by atoms with Crippen molar-refractivity contribution in [2.75, 3.05) is 20.2 Å². The molecule has 1 saturated heterocycles. The molecule has 16 heavy (non-hydrogen) atoms. The summed E-state index contributed by atoms with van der Waals surface area (Å²) in [6.07, 6.45) is 1.16. The Kier molecular flexibility index (Phi) is 2.29. The minimum Gasteiger partial charge on any atom is -0.497 e. The number of imidazole rings is 1. The number of nitrogens with one attached hydrogen (secondary N) is 2. The minimum absolute atomic E-state index is 0.526. The van der Waals surface area contributed by atoms with Crippen LogP contribution < -0.4 is 10.1 Å². The highest BCUT2D eigenvalue weighted by Gasteiger charge is 2.19. The molecule has 0 radical (unpaired) electrons. The van der Waals surface area contributed by atoms with Crippen molar-refractivity contribution in [3.63, 3.8) is 0 Å². The van der Waals surface area contributed by atoms with Crippen LogP contribution in [0.15, 0.2) is 18.2 Å². The van der Waals surface area contributed by atoms with Crippen LogP contribution in [-0.2, 0) is 0 Å². The Morgan fingerprint density at radius 3 is 3.12 bits per heavy atom. The number of ether oxygens (including phenoxy) is 1. The zero-order chi connectivity index (χ0) is 11.0. The molecule has 1 unspecified atom stereocenters. The van der Waals surface area contributed by atoms with Crippen molar-refractivity contribution in [1.82, 2.24) is 15.3 Å². The molecule has 0 aliphatic carbocycles. The Hall–Kier alpha value is -1.55. The minimum atomic E-state index is 0.526. The van der Waals surface area contributed by atoms with E-state index in [1.165, 1.54) is 0 Å². The van der Waals surface area contributed by atoms with Gasteiger partial charge in [-0.25, -0.2) is 4.98 Å². The summed E-state index contributed by atoms with van der Waals surface area (Å²) in [5.41, 5.74) is 2.07. The molecule has 1 aromatic heterocycles. The number of H-pyrrole nitrogens is 1. The van der Waals surface area contributed by atoms with Gasteiger partial charge in [0, 0.05) is 18.5 Å². The molecule has 0 spiro atoms. The van der Waals surface area contributed by atoms with Crippen molar-refractivity contribution in [2.24, 2.45) is 0 Å². The van der Waals surface area contributed by atoms with E-state index in [2.05, 4.69) is 15.3 Å². The standard InChI is InChI=1S/C12H15N3O/c1-16-9-2-3-10-11(6-9)15-12(14-10)8-4-5-13-7-8/h2-3,6,8,13H,4-5,7H2,1H3,(H,14,15). The number of hydrogen-bond acceptors (Lipinski definition) is 3. The summed E-state index contributed by atoms with van der Waals surface area (Å²) in [7, 11) is 1.68. The first-order valence-electron chi connectivity index (χ1n) is 5.61. The molecule has 2 N–H and O–H groups in total. The smallest absolute Gasteiger partial charge is 0.121 e. The van der Waals surface area contributed by atoms with Gasteiger partial charge in [0.15, 0.2) is 0 Å². The number of methoxy groups -OCH3 is 1. The predicted molar refractivity (Wildman–Crippen MR) is 62.9 cm³/mol. The van der Waals surface area contributed by atoms with Crippen molar-refractivity contribution in [1.29, 1.82) is 0 Å². The van der Waals surface area contributed by atoms with Gasteiger partial charge in [0.1, 0.15) is 11.6 Å². The SMILES string of the molecule is COc1ccc2nc(C3CCNC3)[nH]c2c1. The van der Waals surface area contributed by atoms with Crippen LogP contribution >= 0.6 is 0 Å². The highest BCUT2D eigenvalue weighted by Crippen LogP contribution is 2.24. The Labute approximate surface area is 94.0 Å². The molecule has 1 aliphatic rings. The van der Waals surface area contributed by atoms with Crippen LogP contribution in [0.3, 0.4) is 0 Å². The van der Waals surface area contributed by atoms with E-state index in [-0.39, 0.29) is 0 Å². The van der Waals surface area contributed by atoms with E-state index in [0.717, 1.165) is 42.1 Å². The highest BCUT2D eigenvalue weighted by molar-refractivity contribution is 5.76. The Balaban J connectivity index is 2.01. The average molecular weight is 217 g/mol. The topological polar surface area (TPSA) is 49.9 Å². The number of aromatic amines is 1. The van der Waals surface area contributed by atoms with Crippen molar-refractivity contribution < 1.29 is 4.74 Å². The van der Waals surface area contributed by atoms with Gasteiger partial charge in [0.05, 0.1) is 18.1 Å². The number of hydrogen-bond donors (Lipinski definition) is 2. The molecule has 1 fully saturated rings. The summed E-state index contributed by atoms with van der Waals surface area (Å²) < 4.78 is 5.20. The average Bonchev–Trinajstić information content (AvgIpc) is 2.96. The van der Waals surface area contributed by atoms with Crippen molar-refractivity contribution >= 4 is 11.0 Å². The number of rotatable bonds is 2. The molecule has 1 aliphatic heterocycles. The van der Waals surface area contributed by atoms with Gasteiger partial charge in [-0.05, 0) is 25.1 Å². The maximum Gasteiger partial charge on any atom is 0.121 e. The van der Waals surface area contributed by atoms with Gasteiger partial charge in [-0.15, -0.1) is 0 Å². The molecule has 0 saturated carbocycles. The van der Waals surface area contributed by atoms with Crippen molar-refractivity contribution in [3.8, 4) is 5.75 Å². The van der Waals surface area contributed by atoms with Crippen molar-refractivity contribution in [2.45, 2.75) is 12.3 Å². The largest absolute Gasteiger partial charge is 0.497 e. The van der Waals surface area contributed by atoms with E-state index < -0.39 is 0 Å². The zero-order valence-electron chi connectivity index (χ0n) is 9.29. The van der Waals surface area contributed by atoms with Gasteiger partial charge in [0.25, 0.3) is 0 Å². The van der Waals surface area contributed by atoms with Crippen molar-refractivity contribution in [3.05, 3.63) is 24.0 Å². The number of nitrogens with zero attached hydrogens (tertiary/aromatic N) is 1. The third-order valence-corrected chi connectivity index (χ3v) is 3.15. The predicted octanol–water partition coefficient (Wildman–Crippen LogP) is 1.65. The van der Waals surface area contributed by atoms with E-state index in [0.29, 0.717) is 5.92 Å². The lowest BCUT2D eigenvalue weighted by atomic mass is 10.1. The summed E-state index contributed by atoms with van der Waals surface area (Å²) in [6, 6.07) is 5.94. The lowest BCUT2D eigenvalue weighted by Crippen LogP contribution is -2.08. The van der Waals surface area contributed by atoms with Crippen LogP contribution in [0.4, 0.5) is 0 Å². The quantitative estimate of drug-likeness (QED) is 0.804. The normalized spacial score (nSPS) is 20.4. The molecule has 1 aromatic carbocycles. The van der Waals surface area contributed by atoms with Crippen LogP contribution in [0.25, 0.3) is 11.0 Å². The maximum atomic E-state index is 5.20. The second kappa shape index (κ2) is 3.79. The fourth-order valence-electron chi connectivity index (χ4n) is 2.22. The first kappa shape index (κ1) is 9.66. The van der Waals surface area contributed by atoms with E-state index in [1.807, 2.05) is 18.2 Å². The molecule has 84 valence electrons. The first-order chi connectivity index (χ1) is 7.86. The van der Waals surface area contributed by atoms with Gasteiger partial charge < -0.3 is 15.0 Å². The maximum absolute atomic E-state index is 5.20.